The number of likely N-dealkylation sites (N-methyl/N-ethyl adjacent to an activating group) is 1. The van der Waals surface area contributed by atoms with E-state index < -0.39 is 28.5 Å². The molecule has 0 aliphatic rings. The molecular formula is C27H30ClN3O4S. The average Bonchev–Trinajstić information content (AvgIpc) is 2.84. The molecule has 0 aliphatic heterocycles. The first-order valence-corrected chi connectivity index (χ1v) is 13.7. The van der Waals surface area contributed by atoms with Gasteiger partial charge >= 0.3 is 0 Å². The SMILES string of the molecule is CNC(=O)C(Cc1ccccc1)N(Cc1cccc(C)c1)C(=O)CN(c1ccccc1Cl)S(C)(=O)=O. The minimum Gasteiger partial charge on any atom is -0.357 e. The van der Waals surface area contributed by atoms with Crippen molar-refractivity contribution >= 4 is 39.1 Å². The number of rotatable bonds is 10. The first kappa shape index (κ1) is 27.2. The minimum atomic E-state index is -3.86. The Morgan fingerprint density at radius 1 is 0.944 bits per heavy atom. The molecule has 36 heavy (non-hydrogen) atoms. The molecule has 3 aromatic carbocycles. The van der Waals surface area contributed by atoms with Crippen LogP contribution in [0.25, 0.3) is 0 Å². The fraction of sp³-hybridized carbons (Fsp3) is 0.259. The van der Waals surface area contributed by atoms with Crippen LogP contribution in [0.3, 0.4) is 0 Å². The molecule has 3 rings (SSSR count). The van der Waals surface area contributed by atoms with Crippen molar-refractivity contribution < 1.29 is 18.0 Å². The number of carbonyl (C=O) groups excluding carboxylic acids is 2. The number of halogens is 1. The van der Waals surface area contributed by atoms with Crippen molar-refractivity contribution in [1.29, 1.82) is 0 Å². The lowest BCUT2D eigenvalue weighted by atomic mass is 10.0. The summed E-state index contributed by atoms with van der Waals surface area (Å²) in [6.07, 6.45) is 1.29. The number of para-hydroxylation sites is 1. The van der Waals surface area contributed by atoms with Crippen LogP contribution in [0.15, 0.2) is 78.9 Å². The number of hydrogen-bond acceptors (Lipinski definition) is 4. The van der Waals surface area contributed by atoms with Gasteiger partial charge in [0.2, 0.25) is 21.8 Å². The van der Waals surface area contributed by atoms with Gasteiger partial charge in [-0.15, -0.1) is 0 Å². The third-order valence-corrected chi connectivity index (χ3v) is 7.20. The smallest absolute Gasteiger partial charge is 0.244 e. The van der Waals surface area contributed by atoms with E-state index in [-0.39, 0.29) is 29.6 Å². The zero-order chi connectivity index (χ0) is 26.3. The fourth-order valence-corrected chi connectivity index (χ4v) is 5.13. The zero-order valence-corrected chi connectivity index (χ0v) is 22.1. The van der Waals surface area contributed by atoms with Gasteiger partial charge < -0.3 is 10.2 Å². The molecule has 0 radical (unpaired) electrons. The topological polar surface area (TPSA) is 86.8 Å². The zero-order valence-electron chi connectivity index (χ0n) is 20.5. The second-order valence-corrected chi connectivity index (χ2v) is 10.9. The van der Waals surface area contributed by atoms with E-state index in [1.807, 2.05) is 61.5 Å². The lowest BCUT2D eigenvalue weighted by Crippen LogP contribution is -2.52. The average molecular weight is 528 g/mol. The van der Waals surface area contributed by atoms with Crippen LogP contribution in [0.2, 0.25) is 5.02 Å². The third-order valence-electron chi connectivity index (χ3n) is 5.75. The third kappa shape index (κ3) is 7.08. The van der Waals surface area contributed by atoms with Crippen LogP contribution in [-0.2, 0) is 32.6 Å². The summed E-state index contributed by atoms with van der Waals surface area (Å²) in [6.45, 7) is 1.57. The van der Waals surface area contributed by atoms with Gasteiger partial charge in [-0.25, -0.2) is 8.42 Å². The maximum Gasteiger partial charge on any atom is 0.244 e. The molecule has 1 unspecified atom stereocenters. The summed E-state index contributed by atoms with van der Waals surface area (Å²) in [6, 6.07) is 22.6. The number of amides is 2. The van der Waals surface area contributed by atoms with Gasteiger partial charge in [0, 0.05) is 20.0 Å². The Bertz CT molecular complexity index is 1320. The first-order chi connectivity index (χ1) is 17.1. The van der Waals surface area contributed by atoms with Crippen LogP contribution in [0.1, 0.15) is 16.7 Å². The molecule has 0 aliphatic carbocycles. The monoisotopic (exact) mass is 527 g/mol. The molecule has 2 amide bonds. The van der Waals surface area contributed by atoms with Crippen LogP contribution in [0, 0.1) is 6.92 Å². The summed E-state index contributed by atoms with van der Waals surface area (Å²) in [5.74, 6) is -0.866. The van der Waals surface area contributed by atoms with Crippen molar-refractivity contribution in [2.24, 2.45) is 0 Å². The van der Waals surface area contributed by atoms with Crippen molar-refractivity contribution in [2.75, 3.05) is 24.2 Å². The number of carbonyl (C=O) groups is 2. The van der Waals surface area contributed by atoms with Gasteiger partial charge in [-0.1, -0.05) is 83.9 Å². The van der Waals surface area contributed by atoms with Crippen molar-refractivity contribution in [2.45, 2.75) is 25.9 Å². The Labute approximate surface area is 217 Å². The number of nitrogens with one attached hydrogen (secondary N) is 1. The summed E-state index contributed by atoms with van der Waals surface area (Å²) in [4.78, 5) is 28.3. The predicted octanol–water partition coefficient (Wildman–Crippen LogP) is 3.80. The molecule has 0 fully saturated rings. The molecule has 9 heteroatoms. The number of anilines is 1. The van der Waals surface area contributed by atoms with Gasteiger partial charge in [0.1, 0.15) is 12.6 Å². The van der Waals surface area contributed by atoms with Crippen molar-refractivity contribution in [3.8, 4) is 0 Å². The van der Waals surface area contributed by atoms with Gasteiger partial charge in [0.15, 0.2) is 0 Å². The molecular weight excluding hydrogens is 498 g/mol. The van der Waals surface area contributed by atoms with Gasteiger partial charge in [0.25, 0.3) is 0 Å². The van der Waals surface area contributed by atoms with Gasteiger partial charge in [-0.3, -0.25) is 13.9 Å². The van der Waals surface area contributed by atoms with E-state index >= 15 is 0 Å². The highest BCUT2D eigenvalue weighted by atomic mass is 35.5. The molecule has 1 atom stereocenters. The molecule has 0 spiro atoms. The lowest BCUT2D eigenvalue weighted by molar-refractivity contribution is -0.139. The van der Waals surface area contributed by atoms with Crippen molar-refractivity contribution in [3.63, 3.8) is 0 Å². The second kappa shape index (κ2) is 12.1. The molecule has 7 nitrogen and oxygen atoms in total. The summed E-state index contributed by atoms with van der Waals surface area (Å²) in [5.41, 5.74) is 2.91. The Balaban J connectivity index is 2.04. The minimum absolute atomic E-state index is 0.131. The molecule has 1 N–H and O–H groups in total. The van der Waals surface area contributed by atoms with Gasteiger partial charge in [0.05, 0.1) is 17.0 Å². The standard InChI is InChI=1S/C27H30ClN3O4S/c1-20-10-9-13-22(16-20)18-30(25(27(33)29-2)17-21-11-5-4-6-12-21)26(32)19-31(36(3,34)35)24-15-8-7-14-23(24)28/h4-16,25H,17-19H2,1-3H3,(H,29,33). The summed E-state index contributed by atoms with van der Waals surface area (Å²) in [7, 11) is -2.34. The molecule has 0 saturated heterocycles. The van der Waals surface area contributed by atoms with E-state index in [4.69, 9.17) is 11.6 Å². The number of nitrogens with zero attached hydrogens (tertiary/aromatic N) is 2. The predicted molar refractivity (Wildman–Crippen MR) is 143 cm³/mol. The van der Waals surface area contributed by atoms with Crippen LogP contribution in [0.5, 0.6) is 0 Å². The Morgan fingerprint density at radius 3 is 2.19 bits per heavy atom. The lowest BCUT2D eigenvalue weighted by Gasteiger charge is -2.33. The van der Waals surface area contributed by atoms with E-state index in [1.165, 1.54) is 11.9 Å². The highest BCUT2D eigenvalue weighted by Gasteiger charge is 2.33. The summed E-state index contributed by atoms with van der Waals surface area (Å²) in [5, 5.41) is 2.86. The maximum atomic E-state index is 13.8. The largest absolute Gasteiger partial charge is 0.357 e. The Hall–Kier alpha value is -3.36. The molecule has 0 aromatic heterocycles. The van der Waals surface area contributed by atoms with Crippen LogP contribution in [0.4, 0.5) is 5.69 Å². The normalized spacial score (nSPS) is 12.0. The maximum absolute atomic E-state index is 13.8. The summed E-state index contributed by atoms with van der Waals surface area (Å²) >= 11 is 6.28. The quantitative estimate of drug-likeness (QED) is 0.434. The summed E-state index contributed by atoms with van der Waals surface area (Å²) < 4.78 is 26.4. The number of hydrogen-bond donors (Lipinski definition) is 1. The van der Waals surface area contributed by atoms with E-state index in [2.05, 4.69) is 5.32 Å². The number of benzene rings is 3. The van der Waals surface area contributed by atoms with E-state index in [9.17, 15) is 18.0 Å². The number of sulfonamides is 1. The second-order valence-electron chi connectivity index (χ2n) is 8.55. The Kier molecular flexibility index (Phi) is 9.12. The fourth-order valence-electron chi connectivity index (χ4n) is 3.98. The van der Waals surface area contributed by atoms with Crippen LogP contribution < -0.4 is 9.62 Å². The van der Waals surface area contributed by atoms with Crippen LogP contribution in [-0.4, -0.2) is 51.0 Å². The molecule has 0 heterocycles. The number of aryl methyl sites for hydroxylation is 1. The van der Waals surface area contributed by atoms with E-state index in [0.29, 0.717) is 0 Å². The molecule has 190 valence electrons. The first-order valence-electron chi connectivity index (χ1n) is 11.4. The van der Waals surface area contributed by atoms with Gasteiger partial charge in [-0.2, -0.15) is 0 Å². The highest BCUT2D eigenvalue weighted by Crippen LogP contribution is 2.27. The molecule has 3 aromatic rings. The molecule has 0 bridgehead atoms. The van der Waals surface area contributed by atoms with E-state index in [0.717, 1.165) is 27.3 Å². The van der Waals surface area contributed by atoms with Crippen molar-refractivity contribution in [3.05, 3.63) is 101 Å². The highest BCUT2D eigenvalue weighted by molar-refractivity contribution is 7.92. The van der Waals surface area contributed by atoms with Crippen molar-refractivity contribution in [1.82, 2.24) is 10.2 Å². The molecule has 0 saturated carbocycles. The Morgan fingerprint density at radius 2 is 1.58 bits per heavy atom. The van der Waals surface area contributed by atoms with Gasteiger partial charge in [-0.05, 0) is 30.2 Å². The van der Waals surface area contributed by atoms with Crippen LogP contribution >= 0.6 is 11.6 Å². The van der Waals surface area contributed by atoms with E-state index in [1.54, 1.807) is 24.3 Å².